The van der Waals surface area contributed by atoms with Crippen LogP contribution in [0.25, 0.3) is 0 Å². The number of carboxylic acid groups (broad SMARTS) is 3. The number of hydrogen-bond donors (Lipinski definition) is 7. The van der Waals surface area contributed by atoms with Gasteiger partial charge in [-0.2, -0.15) is 0 Å². The Morgan fingerprint density at radius 1 is 0.510 bits per heavy atom. The van der Waals surface area contributed by atoms with E-state index in [0.29, 0.717) is 57.8 Å². The van der Waals surface area contributed by atoms with Crippen molar-refractivity contribution in [1.29, 1.82) is 0 Å². The predicted molar refractivity (Wildman–Crippen MR) is 184 cm³/mol. The van der Waals surface area contributed by atoms with Crippen molar-refractivity contribution in [3.63, 3.8) is 0 Å². The molecule has 0 radical (unpaired) electrons. The van der Waals surface area contributed by atoms with E-state index in [-0.39, 0.29) is 95.1 Å². The zero-order valence-electron chi connectivity index (χ0n) is 30.5. The molecule has 4 fully saturated rings. The highest BCUT2D eigenvalue weighted by Gasteiger charge is 2.74. The number of nitrogens with one attached hydrogen (secondary N) is 4. The zero-order valence-corrected chi connectivity index (χ0v) is 30.5. The Kier molecular flexibility index (Phi) is 14.3. The molecule has 4 aliphatic carbocycles. The Morgan fingerprint density at radius 2 is 0.824 bits per heavy atom. The van der Waals surface area contributed by atoms with Crippen LogP contribution >= 0.6 is 0 Å². The van der Waals surface area contributed by atoms with E-state index >= 15 is 0 Å². The molecular formula is C36H58N4O11. The molecule has 0 saturated heterocycles. The van der Waals surface area contributed by atoms with Crippen LogP contribution in [0.15, 0.2) is 0 Å². The minimum Gasteiger partial charge on any atom is -0.481 e. The molecule has 4 aliphatic rings. The number of amides is 4. The van der Waals surface area contributed by atoms with Gasteiger partial charge in [-0.15, -0.1) is 0 Å². The summed E-state index contributed by atoms with van der Waals surface area (Å²) < 4.78 is 5.64. The predicted octanol–water partition coefficient (Wildman–Crippen LogP) is 3.87. The highest BCUT2D eigenvalue weighted by atomic mass is 16.6. The lowest BCUT2D eigenvalue weighted by molar-refractivity contribution is -0.195. The van der Waals surface area contributed by atoms with Crippen molar-refractivity contribution in [2.24, 2.45) is 16.2 Å². The molecular weight excluding hydrogens is 664 g/mol. The average molecular weight is 723 g/mol. The summed E-state index contributed by atoms with van der Waals surface area (Å²) in [6.45, 7) is 6.06. The summed E-state index contributed by atoms with van der Waals surface area (Å²) >= 11 is 0. The second kappa shape index (κ2) is 17.5. The molecule has 7 N–H and O–H groups in total. The Morgan fingerprint density at radius 3 is 1.10 bits per heavy atom. The number of unbranched alkanes of at least 4 members (excludes halogenated alkanes) is 6. The molecule has 0 aliphatic heterocycles. The van der Waals surface area contributed by atoms with Crippen LogP contribution in [0.3, 0.4) is 0 Å². The first-order valence-corrected chi connectivity index (χ1v) is 18.4. The molecule has 51 heavy (non-hydrogen) atoms. The van der Waals surface area contributed by atoms with Crippen molar-refractivity contribution in [3.05, 3.63) is 0 Å². The second-order valence-corrected chi connectivity index (χ2v) is 16.2. The highest BCUT2D eigenvalue weighted by Crippen LogP contribution is 2.71. The monoisotopic (exact) mass is 722 g/mol. The molecule has 4 saturated carbocycles. The SMILES string of the molecule is CC(C)(C)OC(=O)NC12CC3(C(=O)NCCCCCC(=O)O)CC(C(=O)NCCCCCC(=O)O)(C1)CC(C(=O)NCCCCCC(=O)O)(C2)C3. The van der Waals surface area contributed by atoms with Gasteiger partial charge in [0.2, 0.25) is 17.7 Å². The smallest absolute Gasteiger partial charge is 0.408 e. The van der Waals surface area contributed by atoms with E-state index in [1.165, 1.54) is 0 Å². The summed E-state index contributed by atoms with van der Waals surface area (Å²) in [4.78, 5) is 89.0. The maximum absolute atomic E-state index is 14.3. The van der Waals surface area contributed by atoms with E-state index in [2.05, 4.69) is 21.3 Å². The maximum Gasteiger partial charge on any atom is 0.408 e. The number of carbonyl (C=O) groups excluding carboxylic acids is 4. The fourth-order valence-corrected chi connectivity index (χ4v) is 8.91. The van der Waals surface area contributed by atoms with E-state index in [1.54, 1.807) is 20.8 Å². The lowest BCUT2D eigenvalue weighted by atomic mass is 9.36. The van der Waals surface area contributed by atoms with Gasteiger partial charge in [0, 0.05) is 44.4 Å². The Bertz CT molecular complexity index is 1170. The van der Waals surface area contributed by atoms with Crippen molar-refractivity contribution >= 4 is 41.7 Å². The Balaban J connectivity index is 1.91. The molecule has 0 aromatic rings. The number of carboxylic acids is 3. The van der Waals surface area contributed by atoms with Crippen LogP contribution in [-0.2, 0) is 33.5 Å². The maximum atomic E-state index is 14.3. The first kappa shape index (κ1) is 41.5. The molecule has 4 bridgehead atoms. The van der Waals surface area contributed by atoms with Crippen molar-refractivity contribution in [1.82, 2.24) is 21.3 Å². The molecule has 0 heterocycles. The van der Waals surface area contributed by atoms with E-state index in [0.717, 1.165) is 0 Å². The Hall–Kier alpha value is -3.91. The third-order valence-corrected chi connectivity index (χ3v) is 10.3. The summed E-state index contributed by atoms with van der Waals surface area (Å²) in [5.41, 5.74) is -5.48. The topological polar surface area (TPSA) is 238 Å². The van der Waals surface area contributed by atoms with E-state index in [4.69, 9.17) is 20.1 Å². The third kappa shape index (κ3) is 11.8. The van der Waals surface area contributed by atoms with Crippen LogP contribution in [-0.4, -0.2) is 87.8 Å². The van der Waals surface area contributed by atoms with Crippen molar-refractivity contribution in [2.45, 2.75) is 147 Å². The fourth-order valence-electron chi connectivity index (χ4n) is 8.91. The second-order valence-electron chi connectivity index (χ2n) is 16.2. The lowest BCUT2D eigenvalue weighted by Crippen LogP contribution is -2.75. The summed E-state index contributed by atoms with van der Waals surface area (Å²) in [5.74, 6) is -3.60. The Labute approximate surface area is 299 Å². The van der Waals surface area contributed by atoms with E-state index in [1.807, 2.05) is 0 Å². The number of carbonyl (C=O) groups is 7. The summed E-state index contributed by atoms with van der Waals surface area (Å²) in [6.07, 6.45) is 5.41. The van der Waals surface area contributed by atoms with Crippen molar-refractivity contribution < 1.29 is 53.6 Å². The van der Waals surface area contributed by atoms with Crippen molar-refractivity contribution in [2.75, 3.05) is 19.6 Å². The minimum atomic E-state index is -1.18. The number of hydrogen-bond acceptors (Lipinski definition) is 8. The first-order valence-electron chi connectivity index (χ1n) is 18.4. The summed E-state index contributed by atoms with van der Waals surface area (Å²) in [5, 5.41) is 38.9. The van der Waals surface area contributed by atoms with Gasteiger partial charge in [-0.3, -0.25) is 28.8 Å². The molecule has 0 atom stereocenters. The van der Waals surface area contributed by atoms with Crippen LogP contribution in [0.5, 0.6) is 0 Å². The van der Waals surface area contributed by atoms with Crippen LogP contribution in [0.2, 0.25) is 0 Å². The van der Waals surface area contributed by atoms with E-state index in [9.17, 15) is 33.6 Å². The number of ether oxygens (including phenoxy) is 1. The van der Waals surface area contributed by atoms with Crippen LogP contribution < -0.4 is 21.3 Å². The number of rotatable bonds is 22. The molecule has 0 spiro atoms. The standard InChI is InChI=1S/C36H58N4O11/c1-32(2,3)51-31(50)40-36-22-33(28(47)37-16-10-4-7-13-25(41)42)19-34(23-36,29(48)38-17-11-5-8-14-26(43)44)21-35(20-33,24-36)30(49)39-18-12-6-9-15-27(45)46/h4-24H2,1-3H3,(H,37,47)(H,38,48)(H,39,49)(H,40,50)(H,41,42)(H,43,44)(H,45,46). The van der Waals surface area contributed by atoms with E-state index < -0.39 is 51.4 Å². The largest absolute Gasteiger partial charge is 0.481 e. The lowest BCUT2D eigenvalue weighted by Gasteiger charge is -2.68. The number of alkyl carbamates (subject to hydrolysis) is 1. The molecule has 0 unspecified atom stereocenters. The van der Waals surface area contributed by atoms with Crippen LogP contribution in [0.1, 0.15) is 136 Å². The van der Waals surface area contributed by atoms with Gasteiger partial charge in [0.1, 0.15) is 5.60 Å². The average Bonchev–Trinajstić information content (AvgIpc) is 2.99. The molecule has 15 nitrogen and oxygen atoms in total. The van der Waals surface area contributed by atoms with Gasteiger partial charge < -0.3 is 41.3 Å². The molecule has 15 heteroatoms. The van der Waals surface area contributed by atoms with Gasteiger partial charge >= 0.3 is 24.0 Å². The molecule has 288 valence electrons. The third-order valence-electron chi connectivity index (χ3n) is 10.3. The van der Waals surface area contributed by atoms with Crippen LogP contribution in [0, 0.1) is 16.2 Å². The first-order chi connectivity index (χ1) is 23.9. The fraction of sp³-hybridized carbons (Fsp3) is 0.806. The quantitative estimate of drug-likeness (QED) is 0.0792. The van der Waals surface area contributed by atoms with Crippen molar-refractivity contribution in [3.8, 4) is 0 Å². The highest BCUT2D eigenvalue weighted by molar-refractivity contribution is 5.93. The van der Waals surface area contributed by atoms with Gasteiger partial charge in [-0.05, 0) is 97.8 Å². The summed E-state index contributed by atoms with van der Waals surface area (Å²) in [6, 6.07) is 0. The molecule has 4 rings (SSSR count). The normalized spacial score (nSPS) is 26.2. The van der Waals surface area contributed by atoms with Gasteiger partial charge in [0.15, 0.2) is 0 Å². The van der Waals surface area contributed by atoms with Gasteiger partial charge in [0.25, 0.3) is 0 Å². The molecule has 4 amide bonds. The molecule has 0 aromatic carbocycles. The molecule has 0 aromatic heterocycles. The number of aliphatic carboxylic acids is 3. The summed E-state index contributed by atoms with van der Waals surface area (Å²) in [7, 11) is 0. The minimum absolute atomic E-state index is 0.0329. The zero-order chi connectivity index (χ0) is 37.9. The van der Waals surface area contributed by atoms with Gasteiger partial charge in [0.05, 0.1) is 16.2 Å². The van der Waals surface area contributed by atoms with Crippen LogP contribution in [0.4, 0.5) is 4.79 Å². The van der Waals surface area contributed by atoms with Gasteiger partial charge in [-0.25, -0.2) is 4.79 Å². The van der Waals surface area contributed by atoms with Gasteiger partial charge in [-0.1, -0.05) is 19.3 Å².